The molecule has 0 saturated carbocycles. The summed E-state index contributed by atoms with van der Waals surface area (Å²) in [5, 5.41) is 3.00. The largest absolute Gasteiger partial charge is 0.294 e. The lowest BCUT2D eigenvalue weighted by atomic mass is 10.0. The van der Waals surface area contributed by atoms with Gasteiger partial charge >= 0.3 is 0 Å². The van der Waals surface area contributed by atoms with Crippen molar-refractivity contribution in [2.75, 3.05) is 0 Å². The van der Waals surface area contributed by atoms with E-state index in [4.69, 9.17) is 0 Å². The highest BCUT2D eigenvalue weighted by Crippen LogP contribution is 2.23. The van der Waals surface area contributed by atoms with Crippen molar-refractivity contribution in [2.24, 2.45) is 0 Å². The van der Waals surface area contributed by atoms with E-state index >= 15 is 0 Å². The monoisotopic (exact) mass is 257 g/mol. The predicted molar refractivity (Wildman–Crippen MR) is 73.2 cm³/mol. The van der Waals surface area contributed by atoms with Gasteiger partial charge in [0.2, 0.25) is 0 Å². The number of fused-ring (bicyclic) bond motifs is 1. The summed E-state index contributed by atoms with van der Waals surface area (Å²) in [6, 6.07) is 6.19. The van der Waals surface area contributed by atoms with E-state index in [9.17, 15) is 4.79 Å². The molecule has 0 saturated heterocycles. The van der Waals surface area contributed by atoms with E-state index in [0.717, 1.165) is 23.4 Å². The Balaban J connectivity index is 1.69. The van der Waals surface area contributed by atoms with Gasteiger partial charge in [0.1, 0.15) is 0 Å². The first-order valence-corrected chi connectivity index (χ1v) is 7.24. The maximum absolute atomic E-state index is 12.1. The lowest BCUT2D eigenvalue weighted by Gasteiger charge is -2.03. The van der Waals surface area contributed by atoms with E-state index < -0.39 is 0 Å². The Bertz CT molecular complexity index is 560. The summed E-state index contributed by atoms with van der Waals surface area (Å²) in [7, 11) is 0. The molecular weight excluding hydrogens is 242 g/mol. The van der Waals surface area contributed by atoms with Crippen molar-refractivity contribution < 1.29 is 4.79 Å². The Morgan fingerprint density at radius 2 is 2.17 bits per heavy atom. The number of ketones is 1. The molecule has 2 nitrogen and oxygen atoms in total. The van der Waals surface area contributed by atoms with Gasteiger partial charge in [0.05, 0.1) is 5.01 Å². The van der Waals surface area contributed by atoms with Gasteiger partial charge in [-0.05, 0) is 36.5 Å². The highest BCUT2D eigenvalue weighted by molar-refractivity contribution is 7.09. The Morgan fingerprint density at radius 1 is 1.28 bits per heavy atom. The van der Waals surface area contributed by atoms with Crippen LogP contribution in [0.3, 0.4) is 0 Å². The van der Waals surface area contributed by atoms with Crippen molar-refractivity contribution in [2.45, 2.75) is 32.1 Å². The van der Waals surface area contributed by atoms with Crippen molar-refractivity contribution in [1.29, 1.82) is 0 Å². The van der Waals surface area contributed by atoms with Gasteiger partial charge in [-0.2, -0.15) is 0 Å². The molecule has 1 aliphatic rings. The molecule has 3 heteroatoms. The molecule has 0 radical (unpaired) electrons. The number of rotatable bonds is 4. The van der Waals surface area contributed by atoms with Crippen LogP contribution in [0.5, 0.6) is 0 Å². The topological polar surface area (TPSA) is 30.0 Å². The van der Waals surface area contributed by atoms with Crippen molar-refractivity contribution in [1.82, 2.24) is 4.98 Å². The summed E-state index contributed by atoms with van der Waals surface area (Å²) >= 11 is 1.62. The maximum atomic E-state index is 12.1. The Morgan fingerprint density at radius 3 is 3.00 bits per heavy atom. The molecule has 0 spiro atoms. The summed E-state index contributed by atoms with van der Waals surface area (Å²) in [6.07, 6.45) is 6.64. The predicted octanol–water partition coefficient (Wildman–Crippen LogP) is 3.45. The summed E-state index contributed by atoms with van der Waals surface area (Å²) in [5.74, 6) is 0.236. The summed E-state index contributed by atoms with van der Waals surface area (Å²) in [6.45, 7) is 0. The zero-order chi connectivity index (χ0) is 12.4. The van der Waals surface area contributed by atoms with Gasteiger partial charge in [-0.1, -0.05) is 12.1 Å². The van der Waals surface area contributed by atoms with Gasteiger partial charge in [-0.3, -0.25) is 4.79 Å². The zero-order valence-electron chi connectivity index (χ0n) is 10.2. The first-order valence-electron chi connectivity index (χ1n) is 6.36. The minimum atomic E-state index is 0.236. The average molecular weight is 257 g/mol. The number of benzene rings is 1. The number of thiazole rings is 1. The fourth-order valence-corrected chi connectivity index (χ4v) is 3.11. The van der Waals surface area contributed by atoms with Crippen LogP contribution in [0.1, 0.15) is 39.3 Å². The van der Waals surface area contributed by atoms with Crippen LogP contribution in [0.2, 0.25) is 0 Å². The molecule has 0 aliphatic heterocycles. The number of Topliss-reactive ketones (excluding diaryl/α,β-unsaturated/α-hetero) is 1. The maximum Gasteiger partial charge on any atom is 0.163 e. The third-order valence-electron chi connectivity index (χ3n) is 3.47. The number of hydrogen-bond acceptors (Lipinski definition) is 3. The molecule has 1 heterocycles. The normalized spacial score (nSPS) is 13.6. The highest BCUT2D eigenvalue weighted by atomic mass is 32.1. The lowest BCUT2D eigenvalue weighted by molar-refractivity contribution is 0.0982. The van der Waals surface area contributed by atoms with Crippen molar-refractivity contribution >= 4 is 17.1 Å². The minimum absolute atomic E-state index is 0.236. The summed E-state index contributed by atoms with van der Waals surface area (Å²) in [4.78, 5) is 16.3. The first-order chi connectivity index (χ1) is 8.83. The standard InChI is InChI=1S/C15H15NOS/c17-14(6-7-15-16-8-9-18-15)13-5-4-11-2-1-3-12(11)10-13/h4-5,8-10H,1-3,6-7H2. The third-order valence-corrected chi connectivity index (χ3v) is 4.31. The van der Waals surface area contributed by atoms with Gasteiger partial charge in [0.15, 0.2) is 5.78 Å². The minimum Gasteiger partial charge on any atom is -0.294 e. The van der Waals surface area contributed by atoms with Gasteiger partial charge in [0, 0.05) is 30.0 Å². The average Bonchev–Trinajstić information content (AvgIpc) is 3.05. The van der Waals surface area contributed by atoms with Crippen LogP contribution in [-0.2, 0) is 19.3 Å². The number of nitrogens with zero attached hydrogens (tertiary/aromatic N) is 1. The number of hydrogen-bond donors (Lipinski definition) is 0. The zero-order valence-corrected chi connectivity index (χ0v) is 11.0. The van der Waals surface area contributed by atoms with Crippen molar-refractivity contribution in [3.63, 3.8) is 0 Å². The number of aryl methyl sites for hydroxylation is 3. The van der Waals surface area contributed by atoms with Crippen LogP contribution in [0.15, 0.2) is 29.8 Å². The molecule has 2 aromatic rings. The van der Waals surface area contributed by atoms with Gasteiger partial charge in [-0.15, -0.1) is 11.3 Å². The molecule has 0 bridgehead atoms. The SMILES string of the molecule is O=C(CCc1nccs1)c1ccc2c(c1)CCC2. The number of aromatic nitrogens is 1. The molecule has 0 atom stereocenters. The molecule has 1 aromatic heterocycles. The highest BCUT2D eigenvalue weighted by Gasteiger charge is 2.14. The van der Waals surface area contributed by atoms with E-state index in [0.29, 0.717) is 6.42 Å². The van der Waals surface area contributed by atoms with Crippen LogP contribution < -0.4 is 0 Å². The lowest BCUT2D eigenvalue weighted by Crippen LogP contribution is -2.02. The Kier molecular flexibility index (Phi) is 3.24. The van der Waals surface area contributed by atoms with Crippen LogP contribution in [0, 0.1) is 0 Å². The fraction of sp³-hybridized carbons (Fsp3) is 0.333. The van der Waals surface area contributed by atoms with E-state index in [1.807, 2.05) is 11.4 Å². The molecule has 1 aromatic carbocycles. The second-order valence-corrected chi connectivity index (χ2v) is 5.67. The Hall–Kier alpha value is -1.48. The number of carbonyl (C=O) groups is 1. The van der Waals surface area contributed by atoms with Gasteiger partial charge in [0.25, 0.3) is 0 Å². The Labute approximate surface area is 111 Å². The molecular formula is C15H15NOS. The van der Waals surface area contributed by atoms with Crippen molar-refractivity contribution in [3.05, 3.63) is 51.5 Å². The fourth-order valence-electron chi connectivity index (χ4n) is 2.49. The second kappa shape index (κ2) is 5.02. The first kappa shape index (κ1) is 11.6. The van der Waals surface area contributed by atoms with E-state index in [-0.39, 0.29) is 5.78 Å². The van der Waals surface area contributed by atoms with E-state index in [1.165, 1.54) is 24.0 Å². The summed E-state index contributed by atoms with van der Waals surface area (Å²) in [5.41, 5.74) is 3.66. The van der Waals surface area contributed by atoms with Crippen LogP contribution in [-0.4, -0.2) is 10.8 Å². The molecule has 3 rings (SSSR count). The van der Waals surface area contributed by atoms with E-state index in [1.54, 1.807) is 17.5 Å². The quantitative estimate of drug-likeness (QED) is 0.785. The molecule has 0 unspecified atom stereocenters. The summed E-state index contributed by atoms with van der Waals surface area (Å²) < 4.78 is 0. The van der Waals surface area contributed by atoms with Gasteiger partial charge < -0.3 is 0 Å². The number of carbonyl (C=O) groups excluding carboxylic acids is 1. The molecule has 92 valence electrons. The smallest absolute Gasteiger partial charge is 0.163 e. The molecule has 1 aliphatic carbocycles. The molecule has 18 heavy (non-hydrogen) atoms. The molecule has 0 amide bonds. The van der Waals surface area contributed by atoms with E-state index in [2.05, 4.69) is 17.1 Å². The van der Waals surface area contributed by atoms with Crippen molar-refractivity contribution in [3.8, 4) is 0 Å². The molecule has 0 N–H and O–H groups in total. The van der Waals surface area contributed by atoms with Crippen LogP contribution in [0.25, 0.3) is 0 Å². The van der Waals surface area contributed by atoms with Gasteiger partial charge in [-0.25, -0.2) is 4.98 Å². The van der Waals surface area contributed by atoms with Crippen LogP contribution >= 0.6 is 11.3 Å². The van der Waals surface area contributed by atoms with Crippen LogP contribution in [0.4, 0.5) is 0 Å². The third kappa shape index (κ3) is 2.36. The molecule has 0 fully saturated rings. The second-order valence-electron chi connectivity index (χ2n) is 4.69.